The first-order valence-corrected chi connectivity index (χ1v) is 11.3. The van der Waals surface area contributed by atoms with Crippen molar-refractivity contribution < 1.29 is 18.1 Å². The molecular weight excluding hydrogens is 406 g/mol. The summed E-state index contributed by atoms with van der Waals surface area (Å²) in [5.41, 5.74) is 4.02. The van der Waals surface area contributed by atoms with Crippen LogP contribution >= 0.6 is 0 Å². The van der Waals surface area contributed by atoms with Crippen LogP contribution in [0.5, 0.6) is 0 Å². The van der Waals surface area contributed by atoms with E-state index in [-0.39, 0.29) is 17.4 Å². The lowest BCUT2D eigenvalue weighted by Crippen LogP contribution is -2.48. The van der Waals surface area contributed by atoms with E-state index in [1.807, 2.05) is 39.8 Å². The molecule has 0 heterocycles. The van der Waals surface area contributed by atoms with Crippen molar-refractivity contribution >= 4 is 27.3 Å². The molecule has 0 aromatic heterocycles. The Balaban J connectivity index is 2.34. The Hall–Kier alpha value is -2.94. The van der Waals surface area contributed by atoms with E-state index in [0.717, 1.165) is 38.9 Å². The molecular formula is C21H27N3O5S. The molecule has 0 bridgehead atoms. The van der Waals surface area contributed by atoms with Crippen molar-refractivity contribution in [1.29, 1.82) is 0 Å². The third-order valence-corrected chi connectivity index (χ3v) is 6.33. The van der Waals surface area contributed by atoms with Gasteiger partial charge in [-0.15, -0.1) is 0 Å². The van der Waals surface area contributed by atoms with E-state index >= 15 is 0 Å². The average molecular weight is 434 g/mol. The van der Waals surface area contributed by atoms with Gasteiger partial charge in [0.15, 0.2) is 0 Å². The second kappa shape index (κ2) is 8.83. The fraction of sp³-hybridized carbons (Fsp3) is 0.381. The monoisotopic (exact) mass is 433 g/mol. The standard InChI is InChI=1S/C21H27N3O5S/c1-13-10-15(3)20(11-14(13)2)16(4)22-21(25)17(5)23(30(6,28)29)18-8-7-9-19(12-18)24(26)27/h7-12,16-17H,1-6H3,(H,22,25)/t16-,17+/m1/s1. The Morgan fingerprint density at radius 3 is 2.23 bits per heavy atom. The fourth-order valence-electron chi connectivity index (χ4n) is 3.41. The molecule has 0 fully saturated rings. The summed E-state index contributed by atoms with van der Waals surface area (Å²) < 4.78 is 25.8. The summed E-state index contributed by atoms with van der Waals surface area (Å²) in [6.45, 7) is 9.25. The topological polar surface area (TPSA) is 110 Å². The van der Waals surface area contributed by atoms with Crippen molar-refractivity contribution in [3.63, 3.8) is 0 Å². The van der Waals surface area contributed by atoms with Crippen LogP contribution in [0.25, 0.3) is 0 Å². The number of benzene rings is 2. The van der Waals surface area contributed by atoms with Gasteiger partial charge in [0.05, 0.1) is 22.9 Å². The van der Waals surface area contributed by atoms with Gasteiger partial charge in [0.25, 0.3) is 5.69 Å². The molecule has 8 nitrogen and oxygen atoms in total. The first-order valence-electron chi connectivity index (χ1n) is 9.45. The highest BCUT2D eigenvalue weighted by Crippen LogP contribution is 2.26. The maximum Gasteiger partial charge on any atom is 0.271 e. The van der Waals surface area contributed by atoms with Crippen molar-refractivity contribution in [2.45, 2.75) is 46.7 Å². The normalized spacial score (nSPS) is 13.4. The number of carbonyl (C=O) groups excluding carboxylic acids is 1. The lowest BCUT2D eigenvalue weighted by molar-refractivity contribution is -0.384. The molecule has 0 radical (unpaired) electrons. The van der Waals surface area contributed by atoms with E-state index in [0.29, 0.717) is 0 Å². The number of carbonyl (C=O) groups is 1. The predicted molar refractivity (Wildman–Crippen MR) is 117 cm³/mol. The van der Waals surface area contributed by atoms with Crippen molar-refractivity contribution in [3.8, 4) is 0 Å². The van der Waals surface area contributed by atoms with Gasteiger partial charge in [0.1, 0.15) is 6.04 Å². The van der Waals surface area contributed by atoms with Crippen LogP contribution in [0.2, 0.25) is 0 Å². The minimum atomic E-state index is -3.88. The van der Waals surface area contributed by atoms with E-state index in [9.17, 15) is 23.3 Å². The zero-order chi connectivity index (χ0) is 22.8. The smallest absolute Gasteiger partial charge is 0.271 e. The van der Waals surface area contributed by atoms with Gasteiger partial charge in [0, 0.05) is 12.1 Å². The van der Waals surface area contributed by atoms with Gasteiger partial charge in [-0.2, -0.15) is 0 Å². The minimum absolute atomic E-state index is 0.0596. The molecule has 2 aromatic rings. The van der Waals surface area contributed by atoms with E-state index < -0.39 is 26.9 Å². The van der Waals surface area contributed by atoms with Crippen LogP contribution in [-0.4, -0.2) is 31.5 Å². The molecule has 0 saturated carbocycles. The SMILES string of the molecule is Cc1cc(C)c([C@@H](C)NC(=O)[C@H](C)N(c2cccc([N+](=O)[O-])c2)S(C)(=O)=O)cc1C. The second-order valence-electron chi connectivity index (χ2n) is 7.54. The second-order valence-corrected chi connectivity index (χ2v) is 9.39. The number of amides is 1. The number of sulfonamides is 1. The van der Waals surface area contributed by atoms with Gasteiger partial charge in [-0.05, 0) is 62.9 Å². The number of nitro groups is 1. The van der Waals surface area contributed by atoms with Crippen LogP contribution in [0.4, 0.5) is 11.4 Å². The zero-order valence-corrected chi connectivity index (χ0v) is 18.8. The number of anilines is 1. The van der Waals surface area contributed by atoms with Crippen molar-refractivity contribution in [2.75, 3.05) is 10.6 Å². The summed E-state index contributed by atoms with van der Waals surface area (Å²) >= 11 is 0. The van der Waals surface area contributed by atoms with Crippen LogP contribution < -0.4 is 9.62 Å². The van der Waals surface area contributed by atoms with Gasteiger partial charge < -0.3 is 5.32 Å². The highest BCUT2D eigenvalue weighted by atomic mass is 32.2. The van der Waals surface area contributed by atoms with Crippen molar-refractivity contribution in [1.82, 2.24) is 5.32 Å². The number of nitrogens with one attached hydrogen (secondary N) is 1. The average Bonchev–Trinajstić information content (AvgIpc) is 2.63. The molecule has 0 aliphatic carbocycles. The molecule has 0 saturated heterocycles. The van der Waals surface area contributed by atoms with Gasteiger partial charge in [0.2, 0.25) is 15.9 Å². The number of rotatable bonds is 7. The number of hydrogen-bond acceptors (Lipinski definition) is 5. The number of aryl methyl sites for hydroxylation is 3. The molecule has 0 spiro atoms. The zero-order valence-electron chi connectivity index (χ0n) is 18.0. The summed E-state index contributed by atoms with van der Waals surface area (Å²) in [7, 11) is -3.88. The van der Waals surface area contributed by atoms with Crippen molar-refractivity contribution in [3.05, 3.63) is 68.8 Å². The molecule has 162 valence electrons. The number of hydrogen-bond donors (Lipinski definition) is 1. The summed E-state index contributed by atoms with van der Waals surface area (Å²) in [5.74, 6) is -0.503. The third kappa shape index (κ3) is 5.15. The van der Waals surface area contributed by atoms with Crippen LogP contribution in [0.3, 0.4) is 0 Å². The molecule has 9 heteroatoms. The highest BCUT2D eigenvalue weighted by Gasteiger charge is 2.31. The Kier molecular flexibility index (Phi) is 6.87. The molecule has 1 amide bonds. The Morgan fingerprint density at radius 2 is 1.67 bits per heavy atom. The maximum absolute atomic E-state index is 12.9. The van der Waals surface area contributed by atoms with Gasteiger partial charge in [-0.1, -0.05) is 18.2 Å². The molecule has 2 atom stereocenters. The number of nitrogens with zero attached hydrogens (tertiary/aromatic N) is 2. The van der Waals surface area contributed by atoms with Gasteiger partial charge in [-0.25, -0.2) is 8.42 Å². The first-order chi connectivity index (χ1) is 13.8. The van der Waals surface area contributed by atoms with E-state index in [1.165, 1.54) is 25.1 Å². The molecule has 0 aliphatic rings. The maximum atomic E-state index is 12.9. The largest absolute Gasteiger partial charge is 0.348 e. The van der Waals surface area contributed by atoms with Crippen LogP contribution in [0, 0.1) is 30.9 Å². The molecule has 2 aromatic carbocycles. The quantitative estimate of drug-likeness (QED) is 0.530. The highest BCUT2D eigenvalue weighted by molar-refractivity contribution is 7.92. The molecule has 30 heavy (non-hydrogen) atoms. The Labute approximate surface area is 177 Å². The lowest BCUT2D eigenvalue weighted by atomic mass is 9.96. The van der Waals surface area contributed by atoms with Gasteiger partial charge >= 0.3 is 0 Å². The molecule has 0 unspecified atom stereocenters. The van der Waals surface area contributed by atoms with E-state index in [2.05, 4.69) is 5.32 Å². The summed E-state index contributed by atoms with van der Waals surface area (Å²) in [4.78, 5) is 23.4. The summed E-state index contributed by atoms with van der Waals surface area (Å²) in [6, 6.07) is 7.83. The fourth-order valence-corrected chi connectivity index (χ4v) is 4.58. The molecule has 0 aliphatic heterocycles. The minimum Gasteiger partial charge on any atom is -0.348 e. The Morgan fingerprint density at radius 1 is 1.07 bits per heavy atom. The van der Waals surface area contributed by atoms with Gasteiger partial charge in [-0.3, -0.25) is 19.2 Å². The third-order valence-electron chi connectivity index (χ3n) is 5.09. The number of nitro benzene ring substituents is 1. The van der Waals surface area contributed by atoms with Crippen LogP contribution in [0.1, 0.15) is 42.1 Å². The predicted octanol–water partition coefficient (Wildman–Crippen LogP) is 3.55. The van der Waals surface area contributed by atoms with Crippen molar-refractivity contribution in [2.24, 2.45) is 0 Å². The van der Waals surface area contributed by atoms with E-state index in [4.69, 9.17) is 0 Å². The summed E-state index contributed by atoms with van der Waals surface area (Å²) in [5, 5.41) is 13.9. The molecule has 2 rings (SSSR count). The number of non-ortho nitro benzene ring substituents is 1. The van der Waals surface area contributed by atoms with Crippen LogP contribution in [0.15, 0.2) is 36.4 Å². The Bertz CT molecular complexity index is 1080. The lowest BCUT2D eigenvalue weighted by Gasteiger charge is -2.29. The van der Waals surface area contributed by atoms with E-state index in [1.54, 1.807) is 0 Å². The molecule has 1 N–H and O–H groups in total. The first kappa shape index (κ1) is 23.3. The summed E-state index contributed by atoms with van der Waals surface area (Å²) in [6.07, 6.45) is 0.965. The van der Waals surface area contributed by atoms with Crippen LogP contribution in [-0.2, 0) is 14.8 Å².